The average molecular weight is 457 g/mol. The molecule has 0 bridgehead atoms. The Bertz CT molecular complexity index is 1130. The molecule has 2 heterocycles. The van der Waals surface area contributed by atoms with Gasteiger partial charge in [0.25, 0.3) is 0 Å². The van der Waals surface area contributed by atoms with Crippen LogP contribution in [0.5, 0.6) is 0 Å². The summed E-state index contributed by atoms with van der Waals surface area (Å²) < 4.78 is 0.931. The molecule has 0 radical (unpaired) electrons. The molecular weight excluding hydrogens is 432 g/mol. The zero-order valence-corrected chi connectivity index (χ0v) is 19.3. The highest BCUT2D eigenvalue weighted by atomic mass is 35.5. The Morgan fingerprint density at radius 2 is 1.81 bits per heavy atom. The van der Waals surface area contributed by atoms with E-state index in [1.54, 1.807) is 30.3 Å². The quantitative estimate of drug-likeness (QED) is 0.527. The van der Waals surface area contributed by atoms with E-state index in [-0.39, 0.29) is 23.3 Å². The Balaban J connectivity index is 1.65. The van der Waals surface area contributed by atoms with Gasteiger partial charge in [0, 0.05) is 40.0 Å². The number of hydrogen-bond donors (Lipinski definition) is 2. The number of fused-ring (bicyclic) bond motifs is 1. The number of nitrogens with one attached hydrogen (secondary N) is 1. The number of nitrogens with zero attached hydrogens (tertiary/aromatic N) is 1. The first-order valence-corrected chi connectivity index (χ1v) is 11.4. The van der Waals surface area contributed by atoms with E-state index in [1.807, 2.05) is 18.2 Å². The van der Waals surface area contributed by atoms with Crippen molar-refractivity contribution in [3.63, 3.8) is 0 Å². The van der Waals surface area contributed by atoms with Crippen LogP contribution < -0.4 is 5.32 Å². The predicted molar refractivity (Wildman–Crippen MR) is 126 cm³/mol. The topological polar surface area (TPSA) is 69.6 Å². The van der Waals surface area contributed by atoms with Gasteiger partial charge in [-0.05, 0) is 68.1 Å². The smallest absolute Gasteiger partial charge is 0.345 e. The fourth-order valence-electron chi connectivity index (χ4n) is 4.11. The van der Waals surface area contributed by atoms with E-state index in [0.29, 0.717) is 16.4 Å². The van der Waals surface area contributed by atoms with Crippen molar-refractivity contribution in [3.05, 3.63) is 64.0 Å². The van der Waals surface area contributed by atoms with Gasteiger partial charge in [0.2, 0.25) is 5.91 Å². The minimum absolute atomic E-state index is 0.0171. The van der Waals surface area contributed by atoms with E-state index in [2.05, 4.69) is 31.0 Å². The highest BCUT2D eigenvalue weighted by molar-refractivity contribution is 7.20. The normalized spacial score (nSPS) is 19.6. The van der Waals surface area contributed by atoms with Crippen LogP contribution in [0.15, 0.2) is 48.5 Å². The van der Waals surface area contributed by atoms with E-state index in [0.717, 1.165) is 27.9 Å². The zero-order chi connectivity index (χ0) is 22.3. The molecule has 3 aromatic rings. The molecule has 162 valence electrons. The number of halogens is 1. The summed E-state index contributed by atoms with van der Waals surface area (Å²) in [7, 11) is 0. The van der Waals surface area contributed by atoms with Gasteiger partial charge in [-0.15, -0.1) is 11.3 Å². The molecule has 2 atom stereocenters. The second-order valence-electron chi connectivity index (χ2n) is 9.00. The maximum atomic E-state index is 13.3. The van der Waals surface area contributed by atoms with E-state index < -0.39 is 5.97 Å². The van der Waals surface area contributed by atoms with Crippen LogP contribution in [0.2, 0.25) is 5.02 Å². The summed E-state index contributed by atoms with van der Waals surface area (Å²) in [5.74, 6) is -1.13. The number of carboxylic acid groups (broad SMARTS) is 1. The SMILES string of the molecule is CC(C)(C)N1CC(C(=O)Nc2ccc(Cl)cc2)C(c2ccc3cc(C(=O)O)sc3c2)C1. The summed E-state index contributed by atoms with van der Waals surface area (Å²) in [4.78, 5) is 27.3. The summed E-state index contributed by atoms with van der Waals surface area (Å²) in [6.45, 7) is 7.91. The van der Waals surface area contributed by atoms with E-state index in [9.17, 15) is 14.7 Å². The molecule has 4 rings (SSSR count). The Labute approximate surface area is 190 Å². The third-order valence-corrected chi connectivity index (χ3v) is 7.24. The molecule has 1 saturated heterocycles. The van der Waals surface area contributed by atoms with Crippen LogP contribution in [0.4, 0.5) is 5.69 Å². The van der Waals surface area contributed by atoms with Crippen LogP contribution >= 0.6 is 22.9 Å². The molecule has 31 heavy (non-hydrogen) atoms. The molecule has 0 aliphatic carbocycles. The second-order valence-corrected chi connectivity index (χ2v) is 10.5. The lowest BCUT2D eigenvalue weighted by atomic mass is 9.88. The number of aromatic carboxylic acids is 1. The fourth-order valence-corrected chi connectivity index (χ4v) is 5.18. The fraction of sp³-hybridized carbons (Fsp3) is 0.333. The molecule has 2 N–H and O–H groups in total. The van der Waals surface area contributed by atoms with E-state index in [4.69, 9.17) is 11.6 Å². The van der Waals surface area contributed by atoms with Crippen LogP contribution in [0.1, 0.15) is 41.9 Å². The van der Waals surface area contributed by atoms with E-state index >= 15 is 0 Å². The molecule has 7 heteroatoms. The zero-order valence-electron chi connectivity index (χ0n) is 17.7. The first-order chi connectivity index (χ1) is 14.6. The van der Waals surface area contributed by atoms with Gasteiger partial charge < -0.3 is 10.4 Å². The molecule has 0 saturated carbocycles. The maximum Gasteiger partial charge on any atom is 0.345 e. The molecule has 0 spiro atoms. The number of carbonyl (C=O) groups is 2. The number of carbonyl (C=O) groups excluding carboxylic acids is 1. The number of rotatable bonds is 4. The first-order valence-electron chi connectivity index (χ1n) is 10.2. The Kier molecular flexibility index (Phi) is 5.81. The van der Waals surface area contributed by atoms with E-state index in [1.165, 1.54) is 11.3 Å². The third-order valence-electron chi connectivity index (χ3n) is 5.90. The van der Waals surface area contributed by atoms with Crippen LogP contribution in [0.3, 0.4) is 0 Å². The molecule has 2 unspecified atom stereocenters. The van der Waals surface area contributed by atoms with Crippen LogP contribution in [-0.2, 0) is 4.79 Å². The minimum Gasteiger partial charge on any atom is -0.477 e. The van der Waals surface area contributed by atoms with Crippen molar-refractivity contribution < 1.29 is 14.7 Å². The van der Waals surface area contributed by atoms with Crippen molar-refractivity contribution in [2.75, 3.05) is 18.4 Å². The minimum atomic E-state index is -0.914. The average Bonchev–Trinajstić information content (AvgIpc) is 3.33. The number of benzene rings is 2. The largest absolute Gasteiger partial charge is 0.477 e. The summed E-state index contributed by atoms with van der Waals surface area (Å²) in [6.07, 6.45) is 0. The van der Waals surface area contributed by atoms with Crippen molar-refractivity contribution in [3.8, 4) is 0 Å². The highest BCUT2D eigenvalue weighted by Gasteiger charge is 2.42. The Morgan fingerprint density at radius 3 is 2.45 bits per heavy atom. The van der Waals surface area contributed by atoms with Crippen molar-refractivity contribution >= 4 is 50.6 Å². The van der Waals surface area contributed by atoms with Crippen molar-refractivity contribution in [1.29, 1.82) is 0 Å². The van der Waals surface area contributed by atoms with Gasteiger partial charge in [0.15, 0.2) is 0 Å². The Morgan fingerprint density at radius 1 is 1.10 bits per heavy atom. The standard InChI is InChI=1S/C24H25ClN2O3S/c1-24(2,3)27-12-18(14-4-5-15-11-21(23(29)30)31-20(15)10-14)19(13-27)22(28)26-17-8-6-16(25)7-9-17/h4-11,18-19H,12-13H2,1-3H3,(H,26,28)(H,29,30). The molecule has 1 amide bonds. The maximum absolute atomic E-state index is 13.3. The van der Waals surface area contributed by atoms with Gasteiger partial charge >= 0.3 is 5.97 Å². The van der Waals surface area contributed by atoms with Gasteiger partial charge in [-0.25, -0.2) is 4.79 Å². The number of likely N-dealkylation sites (tertiary alicyclic amines) is 1. The Hall–Kier alpha value is -2.41. The van der Waals surface area contributed by atoms with Crippen LogP contribution in [0, 0.1) is 5.92 Å². The number of thiophene rings is 1. The summed E-state index contributed by atoms with van der Waals surface area (Å²) in [6, 6.07) is 14.9. The lowest BCUT2D eigenvalue weighted by Crippen LogP contribution is -2.40. The molecule has 1 aromatic heterocycles. The summed E-state index contributed by atoms with van der Waals surface area (Å²) in [5, 5.41) is 13.9. The predicted octanol–water partition coefficient (Wildman–Crippen LogP) is 5.71. The number of anilines is 1. The molecule has 1 aliphatic rings. The summed E-state index contributed by atoms with van der Waals surface area (Å²) >= 11 is 7.23. The van der Waals surface area contributed by atoms with Crippen LogP contribution in [-0.4, -0.2) is 40.5 Å². The molecule has 2 aromatic carbocycles. The van der Waals surface area contributed by atoms with Gasteiger partial charge in [-0.2, -0.15) is 0 Å². The molecular formula is C24H25ClN2O3S. The second kappa shape index (κ2) is 8.26. The molecule has 1 fully saturated rings. The lowest BCUT2D eigenvalue weighted by molar-refractivity contribution is -0.120. The monoisotopic (exact) mass is 456 g/mol. The molecule has 5 nitrogen and oxygen atoms in total. The third kappa shape index (κ3) is 4.61. The first kappa shape index (κ1) is 21.8. The molecule has 1 aliphatic heterocycles. The summed E-state index contributed by atoms with van der Waals surface area (Å²) in [5.41, 5.74) is 1.73. The van der Waals surface area contributed by atoms with Gasteiger partial charge in [0.05, 0.1) is 5.92 Å². The highest BCUT2D eigenvalue weighted by Crippen LogP contribution is 2.39. The van der Waals surface area contributed by atoms with Crippen molar-refractivity contribution in [2.24, 2.45) is 5.92 Å². The van der Waals surface area contributed by atoms with Crippen molar-refractivity contribution in [2.45, 2.75) is 32.2 Å². The van der Waals surface area contributed by atoms with Gasteiger partial charge in [0.1, 0.15) is 4.88 Å². The number of carboxylic acids is 1. The van der Waals surface area contributed by atoms with Crippen LogP contribution in [0.25, 0.3) is 10.1 Å². The number of hydrogen-bond acceptors (Lipinski definition) is 4. The van der Waals surface area contributed by atoms with Crippen molar-refractivity contribution in [1.82, 2.24) is 4.90 Å². The van der Waals surface area contributed by atoms with Gasteiger partial charge in [-0.1, -0.05) is 23.7 Å². The number of amides is 1. The lowest BCUT2D eigenvalue weighted by Gasteiger charge is -2.31. The van der Waals surface area contributed by atoms with Gasteiger partial charge in [-0.3, -0.25) is 9.69 Å².